The van der Waals surface area contributed by atoms with Crippen molar-refractivity contribution in [2.75, 3.05) is 5.32 Å². The molecule has 2 amide bonds. The molecule has 1 unspecified atom stereocenters. The number of piperidine rings is 1. The highest BCUT2D eigenvalue weighted by atomic mass is 19.1. The molecule has 0 aliphatic carbocycles. The summed E-state index contributed by atoms with van der Waals surface area (Å²) in [5.41, 5.74) is 9.24. The number of rotatable bonds is 2. The highest BCUT2D eigenvalue weighted by Gasteiger charge is 2.46. The third-order valence-corrected chi connectivity index (χ3v) is 5.22. The minimum absolute atomic E-state index is 0.0830. The van der Waals surface area contributed by atoms with Crippen molar-refractivity contribution in [2.45, 2.75) is 44.3 Å². The number of hydrogen-bond acceptors (Lipinski definition) is 3. The number of aromatic nitrogens is 1. The lowest BCUT2D eigenvalue weighted by molar-refractivity contribution is 0.00828. The van der Waals surface area contributed by atoms with Gasteiger partial charge in [0.2, 0.25) is 0 Å². The summed E-state index contributed by atoms with van der Waals surface area (Å²) in [5.74, 6) is -0.379. The van der Waals surface area contributed by atoms with Crippen molar-refractivity contribution in [3.8, 4) is 11.1 Å². The number of anilines is 1. The maximum absolute atomic E-state index is 13.5. The Bertz CT molecular complexity index is 813. The summed E-state index contributed by atoms with van der Waals surface area (Å²) in [5, 5.41) is 2.97. The number of nitrogens with one attached hydrogen (secondary N) is 1. The monoisotopic (exact) mass is 340 g/mol. The molecule has 25 heavy (non-hydrogen) atoms. The SMILES string of the molecule is Cc1ccc(NC(=O)N2C3C[C@@H](N)C[C@H]2C3)cc1-c1cncc(F)c1. The van der Waals surface area contributed by atoms with Crippen LogP contribution in [0.1, 0.15) is 24.8 Å². The molecule has 3 N–H and O–H groups in total. The summed E-state index contributed by atoms with van der Waals surface area (Å²) in [6.45, 7) is 1.95. The largest absolute Gasteiger partial charge is 0.328 e. The van der Waals surface area contributed by atoms with Crippen molar-refractivity contribution in [3.05, 3.63) is 48.0 Å². The molecule has 1 aromatic heterocycles. The average molecular weight is 340 g/mol. The van der Waals surface area contributed by atoms with Crippen molar-refractivity contribution in [2.24, 2.45) is 5.73 Å². The Hall–Kier alpha value is -2.47. The van der Waals surface area contributed by atoms with Crippen LogP contribution in [-0.4, -0.2) is 34.0 Å². The second kappa shape index (κ2) is 6.11. The Morgan fingerprint density at radius 2 is 2.00 bits per heavy atom. The third kappa shape index (κ3) is 2.98. The van der Waals surface area contributed by atoms with Crippen LogP contribution in [-0.2, 0) is 0 Å². The van der Waals surface area contributed by atoms with Gasteiger partial charge in [-0.25, -0.2) is 9.18 Å². The van der Waals surface area contributed by atoms with Crippen LogP contribution in [0.15, 0.2) is 36.7 Å². The number of halogens is 1. The third-order valence-electron chi connectivity index (χ3n) is 5.22. The van der Waals surface area contributed by atoms with E-state index in [4.69, 9.17) is 5.73 Å². The van der Waals surface area contributed by atoms with E-state index in [1.165, 1.54) is 12.3 Å². The molecule has 3 heterocycles. The number of nitrogens with two attached hydrogens (primary N) is 1. The number of aryl methyl sites for hydroxylation is 1. The van der Waals surface area contributed by atoms with Gasteiger partial charge in [0.15, 0.2) is 0 Å². The first-order chi connectivity index (χ1) is 12.0. The standard InChI is InChI=1S/C19H21FN4O/c1-11-2-3-15(7-18(11)12-4-13(20)10-22-9-12)23-19(25)24-16-5-14(21)6-17(24)8-16/h2-4,7,9-10,14,16-17H,5-6,8,21H2,1H3,(H,23,25)/t14-,16-,17?/m0/s1. The number of carbonyl (C=O) groups is 1. The van der Waals surface area contributed by atoms with Crippen molar-refractivity contribution < 1.29 is 9.18 Å². The van der Waals surface area contributed by atoms with Crippen molar-refractivity contribution in [3.63, 3.8) is 0 Å². The van der Waals surface area contributed by atoms with Crippen LogP contribution in [0.4, 0.5) is 14.9 Å². The molecule has 2 saturated heterocycles. The van der Waals surface area contributed by atoms with Gasteiger partial charge in [-0.15, -0.1) is 0 Å². The number of fused-ring (bicyclic) bond motifs is 2. The van der Waals surface area contributed by atoms with Gasteiger partial charge in [-0.3, -0.25) is 4.98 Å². The molecule has 0 radical (unpaired) electrons. The first-order valence-electron chi connectivity index (χ1n) is 8.58. The van der Waals surface area contributed by atoms with E-state index >= 15 is 0 Å². The second-order valence-corrected chi connectivity index (χ2v) is 7.03. The van der Waals surface area contributed by atoms with Gasteiger partial charge in [0.25, 0.3) is 0 Å². The normalized spacial score (nSPS) is 24.6. The van der Waals surface area contributed by atoms with Crippen LogP contribution in [0, 0.1) is 12.7 Å². The van der Waals surface area contributed by atoms with E-state index in [-0.39, 0.29) is 30.0 Å². The van der Waals surface area contributed by atoms with Crippen LogP contribution in [0.25, 0.3) is 11.1 Å². The lowest BCUT2D eigenvalue weighted by Crippen LogP contribution is -2.66. The van der Waals surface area contributed by atoms with Crippen molar-refractivity contribution in [1.82, 2.24) is 9.88 Å². The van der Waals surface area contributed by atoms with Gasteiger partial charge in [-0.1, -0.05) is 6.07 Å². The van der Waals surface area contributed by atoms with Gasteiger partial charge in [-0.05, 0) is 55.5 Å². The summed E-state index contributed by atoms with van der Waals surface area (Å²) in [6.07, 6.45) is 5.60. The zero-order chi connectivity index (χ0) is 17.6. The summed E-state index contributed by atoms with van der Waals surface area (Å²) in [4.78, 5) is 18.4. The Balaban J connectivity index is 1.54. The van der Waals surface area contributed by atoms with Crippen LogP contribution in [0.5, 0.6) is 0 Å². The molecule has 2 aliphatic heterocycles. The molecule has 0 saturated carbocycles. The topological polar surface area (TPSA) is 71.2 Å². The molecule has 2 bridgehead atoms. The number of nitrogens with zero attached hydrogens (tertiary/aromatic N) is 2. The number of carbonyl (C=O) groups excluding carboxylic acids is 1. The number of benzene rings is 1. The molecule has 3 atom stereocenters. The van der Waals surface area contributed by atoms with Crippen LogP contribution in [0.3, 0.4) is 0 Å². The van der Waals surface area contributed by atoms with Crippen LogP contribution < -0.4 is 11.1 Å². The van der Waals surface area contributed by atoms with E-state index in [1.54, 1.807) is 6.20 Å². The van der Waals surface area contributed by atoms with Gasteiger partial charge >= 0.3 is 6.03 Å². The van der Waals surface area contributed by atoms with E-state index in [0.29, 0.717) is 11.3 Å². The molecule has 2 aliphatic rings. The second-order valence-electron chi connectivity index (χ2n) is 7.03. The van der Waals surface area contributed by atoms with Crippen molar-refractivity contribution >= 4 is 11.7 Å². The molecular formula is C19H21FN4O. The predicted octanol–water partition coefficient (Wildman–Crippen LogP) is 3.29. The lowest BCUT2D eigenvalue weighted by atomic mass is 9.77. The summed E-state index contributed by atoms with van der Waals surface area (Å²) in [7, 11) is 0. The van der Waals surface area contributed by atoms with E-state index in [0.717, 1.165) is 30.4 Å². The van der Waals surface area contributed by atoms with E-state index in [2.05, 4.69) is 10.3 Å². The number of urea groups is 1. The van der Waals surface area contributed by atoms with Gasteiger partial charge in [0.1, 0.15) is 5.82 Å². The molecular weight excluding hydrogens is 319 g/mol. The maximum Gasteiger partial charge on any atom is 0.322 e. The number of pyridine rings is 1. The molecule has 2 aromatic rings. The summed E-state index contributed by atoms with van der Waals surface area (Å²) >= 11 is 0. The smallest absolute Gasteiger partial charge is 0.322 e. The fraction of sp³-hybridized carbons (Fsp3) is 0.368. The molecule has 4 rings (SSSR count). The average Bonchev–Trinajstić information content (AvgIpc) is 2.56. The fourth-order valence-corrected chi connectivity index (χ4v) is 4.01. The van der Waals surface area contributed by atoms with Crippen LogP contribution >= 0.6 is 0 Å². The number of amides is 2. The highest BCUT2D eigenvalue weighted by molar-refractivity contribution is 5.91. The Kier molecular flexibility index (Phi) is 3.92. The first kappa shape index (κ1) is 16.0. The fourth-order valence-electron chi connectivity index (χ4n) is 4.01. The quantitative estimate of drug-likeness (QED) is 0.881. The minimum Gasteiger partial charge on any atom is -0.328 e. The molecule has 0 spiro atoms. The molecule has 5 nitrogen and oxygen atoms in total. The highest BCUT2D eigenvalue weighted by Crippen LogP contribution is 2.38. The zero-order valence-corrected chi connectivity index (χ0v) is 14.1. The summed E-state index contributed by atoms with van der Waals surface area (Å²) < 4.78 is 13.5. The minimum atomic E-state index is -0.379. The van der Waals surface area contributed by atoms with E-state index < -0.39 is 0 Å². The molecule has 1 aromatic carbocycles. The van der Waals surface area contributed by atoms with Gasteiger partial charge in [0.05, 0.1) is 6.20 Å². The number of hydrogen-bond donors (Lipinski definition) is 2. The first-order valence-corrected chi connectivity index (χ1v) is 8.58. The molecule has 6 heteroatoms. The maximum atomic E-state index is 13.5. The van der Waals surface area contributed by atoms with E-state index in [1.807, 2.05) is 30.0 Å². The van der Waals surface area contributed by atoms with Gasteiger partial charge in [0, 0.05) is 35.6 Å². The Morgan fingerprint density at radius 3 is 2.72 bits per heavy atom. The predicted molar refractivity (Wildman–Crippen MR) is 94.6 cm³/mol. The van der Waals surface area contributed by atoms with E-state index in [9.17, 15) is 9.18 Å². The summed E-state index contributed by atoms with van der Waals surface area (Å²) in [6, 6.07) is 7.73. The molecule has 2 fully saturated rings. The lowest BCUT2D eigenvalue weighted by Gasteiger charge is -2.54. The zero-order valence-electron chi connectivity index (χ0n) is 14.1. The Morgan fingerprint density at radius 1 is 1.24 bits per heavy atom. The van der Waals surface area contributed by atoms with Gasteiger partial charge in [-0.2, -0.15) is 0 Å². The van der Waals surface area contributed by atoms with Crippen molar-refractivity contribution in [1.29, 1.82) is 0 Å². The van der Waals surface area contributed by atoms with Crippen LogP contribution in [0.2, 0.25) is 0 Å². The van der Waals surface area contributed by atoms with Gasteiger partial charge < -0.3 is 16.0 Å². The Labute approximate surface area is 146 Å². The molecule has 130 valence electrons.